The second-order valence-electron chi connectivity index (χ2n) is 9.99. The zero-order chi connectivity index (χ0) is 34.4. The molecule has 1 N–H and O–H groups in total. The lowest BCUT2D eigenvalue weighted by Crippen LogP contribution is -2.50. The highest BCUT2D eigenvalue weighted by Crippen LogP contribution is 2.55. The molecule has 1 aliphatic carbocycles. The molecule has 3 aromatic rings. The number of alkyl halides is 10. The average molecular weight is 754 g/mol. The lowest BCUT2D eigenvalue weighted by molar-refractivity contribution is -0.348. The molecule has 0 aromatic heterocycles. The van der Waals surface area contributed by atoms with Crippen molar-refractivity contribution in [3.63, 3.8) is 0 Å². The second kappa shape index (κ2) is 12.5. The first-order valence-electron chi connectivity index (χ1n) is 12.7. The zero-order valence-electron chi connectivity index (χ0n) is 22.5. The Hall–Kier alpha value is -3.60. The van der Waals surface area contributed by atoms with Gasteiger partial charge in [-0.25, -0.2) is 8.78 Å². The topological polar surface area (TPSA) is 58.6 Å². The first-order chi connectivity index (χ1) is 21.1. The summed E-state index contributed by atoms with van der Waals surface area (Å²) in [6.07, 6.45) is -17.7. The minimum atomic E-state index is -6.69. The summed E-state index contributed by atoms with van der Waals surface area (Å²) < 4.78 is 152. The summed E-state index contributed by atoms with van der Waals surface area (Å²) in [5.74, 6) is -5.48. The third-order valence-electron chi connectivity index (χ3n) is 6.69. The van der Waals surface area contributed by atoms with Gasteiger partial charge in [-0.2, -0.15) is 26.3 Å². The molecule has 4 rings (SSSR count). The van der Waals surface area contributed by atoms with E-state index in [1.54, 1.807) is 5.32 Å². The van der Waals surface area contributed by atoms with Crippen LogP contribution in [0.1, 0.15) is 39.1 Å². The Kier molecular flexibility index (Phi) is 9.61. The number of rotatable bonds is 8. The highest BCUT2D eigenvalue weighted by atomic mass is 79.9. The Bertz CT molecular complexity index is 1630. The number of nitrogens with zero attached hydrogens (tertiary/aromatic N) is 1. The van der Waals surface area contributed by atoms with E-state index in [0.717, 1.165) is 23.1 Å². The largest absolute Gasteiger partial charge is 0.573 e. The van der Waals surface area contributed by atoms with Gasteiger partial charge in [0.1, 0.15) is 0 Å². The normalized spacial score (nSPS) is 14.2. The number of anilines is 2. The average Bonchev–Trinajstić information content (AvgIpc) is 3.75. The standard InChI is InChI=1S/C28H17BrClF11N2O3/c29-18-10-15(25(32,26(33,34)35)27(36,37)38)11-20(46-28(39,40)41)22(18)42-23(44)17-2-1-3-19(21(17)31)43(12-13-4-5-13)24(45)14-6-8-16(30)9-7-14/h1-3,6-11,13H,4-5,12H2,(H,42,44). The molecular formula is C28H17BrClF11N2O3. The molecule has 0 radical (unpaired) electrons. The molecule has 0 saturated heterocycles. The number of hydrogen-bond acceptors (Lipinski definition) is 3. The van der Waals surface area contributed by atoms with Gasteiger partial charge in [0, 0.05) is 27.2 Å². The van der Waals surface area contributed by atoms with E-state index in [1.807, 2.05) is 0 Å². The van der Waals surface area contributed by atoms with Crippen molar-refractivity contribution in [2.75, 3.05) is 16.8 Å². The van der Waals surface area contributed by atoms with Gasteiger partial charge in [0.2, 0.25) is 0 Å². The van der Waals surface area contributed by atoms with Crippen molar-refractivity contribution in [1.82, 2.24) is 0 Å². The number of ether oxygens (including phenoxy) is 1. The molecule has 46 heavy (non-hydrogen) atoms. The smallest absolute Gasteiger partial charge is 0.404 e. The van der Waals surface area contributed by atoms with Crippen LogP contribution in [-0.4, -0.2) is 37.1 Å². The molecule has 0 aliphatic heterocycles. The molecule has 3 aromatic carbocycles. The Morgan fingerprint density at radius 1 is 0.913 bits per heavy atom. The molecular weight excluding hydrogens is 737 g/mol. The SMILES string of the molecule is O=C(Nc1c(Br)cc(C(F)(C(F)(F)F)C(F)(F)F)cc1OC(F)(F)F)c1cccc(N(CC2CC2)C(=O)c2ccc(Cl)cc2)c1F. The fraction of sp³-hybridized carbons (Fsp3) is 0.286. The fourth-order valence-electron chi connectivity index (χ4n) is 4.28. The number of nitrogens with one attached hydrogen (secondary N) is 1. The highest BCUT2D eigenvalue weighted by molar-refractivity contribution is 9.10. The molecule has 0 spiro atoms. The fourth-order valence-corrected chi connectivity index (χ4v) is 4.94. The van der Waals surface area contributed by atoms with Gasteiger partial charge in [-0.1, -0.05) is 17.7 Å². The Labute approximate surface area is 265 Å². The molecule has 5 nitrogen and oxygen atoms in total. The van der Waals surface area contributed by atoms with E-state index in [1.165, 1.54) is 24.3 Å². The molecule has 0 heterocycles. The Morgan fingerprint density at radius 3 is 2.02 bits per heavy atom. The molecule has 1 aliphatic rings. The highest BCUT2D eigenvalue weighted by Gasteiger charge is 2.73. The lowest BCUT2D eigenvalue weighted by Gasteiger charge is -2.31. The molecule has 0 unspecified atom stereocenters. The summed E-state index contributed by atoms with van der Waals surface area (Å²) in [5, 5.41) is 2.05. The summed E-state index contributed by atoms with van der Waals surface area (Å²) in [5.41, 5.74) is -10.9. The maximum atomic E-state index is 15.8. The Balaban J connectivity index is 1.76. The van der Waals surface area contributed by atoms with Gasteiger partial charge in [-0.3, -0.25) is 9.59 Å². The van der Waals surface area contributed by atoms with E-state index in [0.29, 0.717) is 17.9 Å². The minimum Gasteiger partial charge on any atom is -0.404 e. The maximum absolute atomic E-state index is 15.8. The number of halogens is 13. The number of hydrogen-bond donors (Lipinski definition) is 1. The van der Waals surface area contributed by atoms with E-state index >= 15 is 4.39 Å². The van der Waals surface area contributed by atoms with E-state index in [-0.39, 0.29) is 24.1 Å². The van der Waals surface area contributed by atoms with Crippen LogP contribution in [0.4, 0.5) is 59.7 Å². The first kappa shape index (κ1) is 35.3. The van der Waals surface area contributed by atoms with Crippen molar-refractivity contribution < 1.29 is 62.6 Å². The van der Waals surface area contributed by atoms with Crippen molar-refractivity contribution in [1.29, 1.82) is 0 Å². The van der Waals surface area contributed by atoms with Crippen molar-refractivity contribution in [3.05, 3.63) is 86.6 Å². The van der Waals surface area contributed by atoms with Gasteiger partial charge in [-0.05, 0) is 83.2 Å². The molecule has 0 bridgehead atoms. The van der Waals surface area contributed by atoms with Gasteiger partial charge >= 0.3 is 24.4 Å². The summed E-state index contributed by atoms with van der Waals surface area (Å²) in [6, 6.07) is 7.96. The van der Waals surface area contributed by atoms with Crippen LogP contribution in [-0.2, 0) is 5.67 Å². The second-order valence-corrected chi connectivity index (χ2v) is 11.3. The van der Waals surface area contributed by atoms with Crippen molar-refractivity contribution in [3.8, 4) is 5.75 Å². The minimum absolute atomic E-state index is 0.0132. The molecule has 248 valence electrons. The molecule has 18 heteroatoms. The predicted molar refractivity (Wildman–Crippen MR) is 146 cm³/mol. The lowest BCUT2D eigenvalue weighted by atomic mass is 9.93. The van der Waals surface area contributed by atoms with Crippen molar-refractivity contribution in [2.24, 2.45) is 5.92 Å². The van der Waals surface area contributed by atoms with Gasteiger partial charge in [-0.15, -0.1) is 13.2 Å². The monoisotopic (exact) mass is 752 g/mol. The van der Waals surface area contributed by atoms with Crippen LogP contribution in [0.15, 0.2) is 59.1 Å². The van der Waals surface area contributed by atoms with Crippen LogP contribution >= 0.6 is 27.5 Å². The van der Waals surface area contributed by atoms with E-state index < -0.39 is 80.8 Å². The molecule has 2 amide bonds. The summed E-state index contributed by atoms with van der Waals surface area (Å²) in [6.45, 7) is 0.0173. The molecule has 1 saturated carbocycles. The first-order valence-corrected chi connectivity index (χ1v) is 13.9. The molecule has 1 fully saturated rings. The van der Waals surface area contributed by atoms with Crippen LogP contribution in [0.5, 0.6) is 5.75 Å². The number of carbonyl (C=O) groups excluding carboxylic acids is 2. The van der Waals surface area contributed by atoms with Gasteiger partial charge in [0.25, 0.3) is 11.8 Å². The maximum Gasteiger partial charge on any atom is 0.573 e. The number of amides is 2. The number of benzene rings is 3. The van der Waals surface area contributed by atoms with E-state index in [4.69, 9.17) is 11.6 Å². The van der Waals surface area contributed by atoms with E-state index in [9.17, 15) is 53.5 Å². The Morgan fingerprint density at radius 2 is 1.50 bits per heavy atom. The van der Waals surface area contributed by atoms with Crippen molar-refractivity contribution in [2.45, 2.75) is 37.2 Å². The van der Waals surface area contributed by atoms with Crippen LogP contribution in [0.3, 0.4) is 0 Å². The summed E-state index contributed by atoms with van der Waals surface area (Å²) in [7, 11) is 0. The summed E-state index contributed by atoms with van der Waals surface area (Å²) >= 11 is 8.31. The van der Waals surface area contributed by atoms with Gasteiger partial charge in [0.15, 0.2) is 11.6 Å². The quantitative estimate of drug-likeness (QED) is 0.233. The summed E-state index contributed by atoms with van der Waals surface area (Å²) in [4.78, 5) is 27.5. The number of carbonyl (C=O) groups is 2. The van der Waals surface area contributed by atoms with Crippen LogP contribution < -0.4 is 15.0 Å². The van der Waals surface area contributed by atoms with Gasteiger partial charge < -0.3 is 15.0 Å². The van der Waals surface area contributed by atoms with E-state index in [2.05, 4.69) is 20.7 Å². The van der Waals surface area contributed by atoms with Gasteiger partial charge in [0.05, 0.1) is 16.9 Å². The molecule has 0 atom stereocenters. The predicted octanol–water partition coefficient (Wildman–Crippen LogP) is 9.74. The van der Waals surface area contributed by atoms with Crippen LogP contribution in [0.25, 0.3) is 0 Å². The van der Waals surface area contributed by atoms with Crippen LogP contribution in [0.2, 0.25) is 5.02 Å². The van der Waals surface area contributed by atoms with Crippen LogP contribution in [0, 0.1) is 11.7 Å². The van der Waals surface area contributed by atoms with Crippen molar-refractivity contribution >= 4 is 50.7 Å². The third-order valence-corrected chi connectivity index (χ3v) is 7.56. The zero-order valence-corrected chi connectivity index (χ0v) is 24.8. The third kappa shape index (κ3) is 7.35.